The number of carbonyl (C=O) groups excluding carboxylic acids is 1. The maximum absolute atomic E-state index is 13.7. The number of fused-ring (bicyclic) bond motifs is 6. The molecule has 3 aliphatic heterocycles. The second-order valence-electron chi connectivity index (χ2n) is 13.9. The normalized spacial score (nSPS) is 23.1. The minimum atomic E-state index is -4.29. The van der Waals surface area contributed by atoms with Crippen LogP contribution < -0.4 is 14.9 Å². The van der Waals surface area contributed by atoms with Crippen molar-refractivity contribution in [2.24, 2.45) is 5.92 Å². The molecule has 2 atom stereocenters. The average molecular weight is 631 g/mol. The van der Waals surface area contributed by atoms with Crippen LogP contribution in [0.25, 0.3) is 5.57 Å². The molecule has 10 nitrogen and oxygen atoms in total. The van der Waals surface area contributed by atoms with Gasteiger partial charge in [-0.05, 0) is 87.4 Å². The third-order valence-electron chi connectivity index (χ3n) is 8.94. The van der Waals surface area contributed by atoms with Crippen LogP contribution in [0.1, 0.15) is 93.8 Å². The molecule has 45 heavy (non-hydrogen) atoms. The van der Waals surface area contributed by atoms with Crippen LogP contribution in [0.4, 0.5) is 11.6 Å². The standard InChI is InChI=1S/C34H42N6O4S/c1-33(2,3)28-15-13-24-31(37-28)40-21-22(20-34(40,4)5)12-14-27(26-9-6-8-25(35-26)23-16-18-44-19-17-23)36-29-10-7-11-30(38-29)45(42,43)39-32(24)41/h6-11,13,15-16,22,27H,12,14,17-21H2,1-5H3,(H,36,38)(H,39,41)/t22-,27-/m0/s1. The molecule has 1 fully saturated rings. The van der Waals surface area contributed by atoms with Crippen molar-refractivity contribution in [1.29, 1.82) is 0 Å². The van der Waals surface area contributed by atoms with Gasteiger partial charge in [-0.2, -0.15) is 8.42 Å². The highest BCUT2D eigenvalue weighted by Crippen LogP contribution is 2.41. The minimum Gasteiger partial charge on any atom is -0.377 e. The van der Waals surface area contributed by atoms with Gasteiger partial charge in [-0.1, -0.05) is 39.0 Å². The van der Waals surface area contributed by atoms with Gasteiger partial charge in [-0.3, -0.25) is 9.78 Å². The highest BCUT2D eigenvalue weighted by atomic mass is 32.2. The smallest absolute Gasteiger partial charge is 0.281 e. The molecule has 0 unspecified atom stereocenters. The third-order valence-corrected chi connectivity index (χ3v) is 10.2. The first-order valence-corrected chi connectivity index (χ1v) is 17.1. The van der Waals surface area contributed by atoms with Crippen molar-refractivity contribution in [3.05, 3.63) is 77.3 Å². The Morgan fingerprint density at radius 3 is 2.56 bits per heavy atom. The van der Waals surface area contributed by atoms with Crippen LogP contribution in [0.3, 0.4) is 0 Å². The lowest BCUT2D eigenvalue weighted by atomic mass is 9.90. The van der Waals surface area contributed by atoms with Gasteiger partial charge in [0.1, 0.15) is 11.6 Å². The second kappa shape index (κ2) is 11.8. The maximum Gasteiger partial charge on any atom is 0.281 e. The van der Waals surface area contributed by atoms with Gasteiger partial charge < -0.3 is 15.0 Å². The number of anilines is 2. The fourth-order valence-corrected chi connectivity index (χ4v) is 7.47. The summed E-state index contributed by atoms with van der Waals surface area (Å²) in [5.41, 5.74) is 3.44. The Balaban J connectivity index is 1.43. The van der Waals surface area contributed by atoms with Crippen molar-refractivity contribution in [3.8, 4) is 0 Å². The molecule has 0 spiro atoms. The van der Waals surface area contributed by atoms with E-state index in [1.165, 1.54) is 6.07 Å². The minimum absolute atomic E-state index is 0.217. The highest BCUT2D eigenvalue weighted by molar-refractivity contribution is 7.90. The quantitative estimate of drug-likeness (QED) is 0.370. The lowest BCUT2D eigenvalue weighted by molar-refractivity contribution is 0.0981. The SMILES string of the molecule is CC(C)(C)c1ccc2c(n1)N1C[C@@H](CC[C@@H](c3cccc(C4=CCOCC4)n3)Nc3cccc(n3)S(=O)(=O)NC2=O)CC1(C)C. The summed E-state index contributed by atoms with van der Waals surface area (Å²) in [6, 6.07) is 14.1. The summed E-state index contributed by atoms with van der Waals surface area (Å²) in [6.45, 7) is 12.5. The van der Waals surface area contributed by atoms with Crippen molar-refractivity contribution in [1.82, 2.24) is 19.7 Å². The van der Waals surface area contributed by atoms with E-state index in [1.807, 2.05) is 24.3 Å². The Hall–Kier alpha value is -3.83. The van der Waals surface area contributed by atoms with E-state index >= 15 is 0 Å². The van der Waals surface area contributed by atoms with Crippen LogP contribution >= 0.6 is 0 Å². The number of nitrogens with one attached hydrogen (secondary N) is 2. The van der Waals surface area contributed by atoms with E-state index in [0.717, 1.165) is 48.3 Å². The Kier molecular flexibility index (Phi) is 8.19. The monoisotopic (exact) mass is 630 g/mol. The maximum atomic E-state index is 13.7. The molecule has 11 heteroatoms. The number of amides is 1. The number of carbonyl (C=O) groups is 1. The zero-order valence-corrected chi connectivity index (χ0v) is 27.4. The summed E-state index contributed by atoms with van der Waals surface area (Å²) in [4.78, 5) is 30.4. The molecule has 3 aromatic rings. The van der Waals surface area contributed by atoms with Gasteiger partial charge in [0.2, 0.25) is 0 Å². The number of aromatic nitrogens is 3. The predicted octanol–water partition coefficient (Wildman–Crippen LogP) is 5.64. The second-order valence-corrected chi connectivity index (χ2v) is 15.5. The summed E-state index contributed by atoms with van der Waals surface area (Å²) < 4.78 is 34.8. The lowest BCUT2D eigenvalue weighted by Gasteiger charge is -2.34. The number of hydrogen-bond acceptors (Lipinski definition) is 9. The first-order valence-electron chi connectivity index (χ1n) is 15.6. The van der Waals surface area contributed by atoms with Gasteiger partial charge in [0, 0.05) is 23.2 Å². The Labute approximate surface area is 265 Å². The predicted molar refractivity (Wildman–Crippen MR) is 175 cm³/mol. The molecule has 6 heterocycles. The van der Waals surface area contributed by atoms with Gasteiger partial charge in [0.15, 0.2) is 5.03 Å². The van der Waals surface area contributed by atoms with Crippen molar-refractivity contribution < 1.29 is 17.9 Å². The van der Waals surface area contributed by atoms with Crippen molar-refractivity contribution >= 4 is 33.1 Å². The van der Waals surface area contributed by atoms with Crippen molar-refractivity contribution in [3.63, 3.8) is 0 Å². The van der Waals surface area contributed by atoms with E-state index in [0.29, 0.717) is 37.3 Å². The molecule has 0 saturated carbocycles. The zero-order chi connectivity index (χ0) is 32.0. The number of rotatable bonds is 2. The van der Waals surface area contributed by atoms with Crippen LogP contribution in [0.15, 0.2) is 59.6 Å². The molecule has 0 radical (unpaired) electrons. The first kappa shape index (κ1) is 31.2. The van der Waals surface area contributed by atoms with E-state index in [-0.39, 0.29) is 27.6 Å². The molecular weight excluding hydrogens is 588 g/mol. The molecule has 3 aromatic heterocycles. The molecule has 0 aromatic carbocycles. The van der Waals surface area contributed by atoms with E-state index in [4.69, 9.17) is 14.7 Å². The average Bonchev–Trinajstić information content (AvgIpc) is 3.32. The van der Waals surface area contributed by atoms with E-state index in [1.54, 1.807) is 18.2 Å². The molecule has 2 N–H and O–H groups in total. The number of ether oxygens (including phenoxy) is 1. The Morgan fingerprint density at radius 2 is 1.80 bits per heavy atom. The van der Waals surface area contributed by atoms with E-state index in [9.17, 15) is 13.2 Å². The third kappa shape index (κ3) is 6.60. The van der Waals surface area contributed by atoms with Gasteiger partial charge in [0.25, 0.3) is 15.9 Å². The van der Waals surface area contributed by atoms with Crippen LogP contribution in [-0.4, -0.2) is 54.6 Å². The van der Waals surface area contributed by atoms with E-state index in [2.05, 4.69) is 60.6 Å². The summed E-state index contributed by atoms with van der Waals surface area (Å²) in [6.07, 6.45) is 5.43. The van der Waals surface area contributed by atoms with Crippen LogP contribution in [0.2, 0.25) is 0 Å². The van der Waals surface area contributed by atoms with Gasteiger partial charge in [-0.15, -0.1) is 0 Å². The summed E-state index contributed by atoms with van der Waals surface area (Å²) in [7, 11) is -4.29. The molecular formula is C34H42N6O4S. The largest absolute Gasteiger partial charge is 0.377 e. The topological polar surface area (TPSA) is 126 Å². The summed E-state index contributed by atoms with van der Waals surface area (Å²) in [5.74, 6) is 0.490. The molecule has 4 bridgehead atoms. The number of nitrogens with zero attached hydrogens (tertiary/aromatic N) is 4. The molecule has 238 valence electrons. The lowest BCUT2D eigenvalue weighted by Crippen LogP contribution is -2.41. The van der Waals surface area contributed by atoms with Crippen molar-refractivity contribution in [2.75, 3.05) is 30.0 Å². The van der Waals surface area contributed by atoms with Crippen LogP contribution in [-0.2, 0) is 20.2 Å². The van der Waals surface area contributed by atoms with Gasteiger partial charge >= 0.3 is 0 Å². The van der Waals surface area contributed by atoms with E-state index < -0.39 is 15.9 Å². The Morgan fingerprint density at radius 1 is 1.00 bits per heavy atom. The molecule has 1 amide bonds. The Bertz CT molecular complexity index is 1750. The highest BCUT2D eigenvalue weighted by Gasteiger charge is 2.41. The number of pyridine rings is 3. The van der Waals surface area contributed by atoms with Crippen molar-refractivity contribution in [2.45, 2.75) is 82.3 Å². The summed E-state index contributed by atoms with van der Waals surface area (Å²) in [5, 5.41) is 3.24. The first-order chi connectivity index (χ1) is 21.3. The zero-order valence-electron chi connectivity index (χ0n) is 26.6. The number of sulfonamides is 1. The molecule has 0 aliphatic carbocycles. The number of hydrogen-bond donors (Lipinski definition) is 2. The molecule has 1 saturated heterocycles. The van der Waals surface area contributed by atoms with Crippen LogP contribution in [0.5, 0.6) is 0 Å². The molecule has 6 rings (SSSR count). The van der Waals surface area contributed by atoms with Crippen LogP contribution in [0, 0.1) is 5.92 Å². The van der Waals surface area contributed by atoms with Gasteiger partial charge in [-0.25, -0.2) is 14.7 Å². The fraction of sp³-hybridized carbons (Fsp3) is 0.471. The fourth-order valence-electron chi connectivity index (χ4n) is 6.54. The van der Waals surface area contributed by atoms with Gasteiger partial charge in [0.05, 0.1) is 36.2 Å². The molecule has 3 aliphatic rings. The summed E-state index contributed by atoms with van der Waals surface area (Å²) >= 11 is 0.